The Labute approximate surface area is 159 Å². The van der Waals surface area contributed by atoms with Gasteiger partial charge in [-0.3, -0.25) is 4.79 Å². The molecule has 8 atom stereocenters. The summed E-state index contributed by atoms with van der Waals surface area (Å²) in [7, 11) is 0. The Hall–Kier alpha value is -0.570. The van der Waals surface area contributed by atoms with Gasteiger partial charge in [-0.15, -0.1) is 0 Å². The van der Waals surface area contributed by atoms with Crippen molar-refractivity contribution in [1.29, 1.82) is 0 Å². The lowest BCUT2D eigenvalue weighted by Gasteiger charge is -2.60. The predicted octanol–water partition coefficient (Wildman–Crippen LogP) is 5.53. The second-order valence-corrected chi connectivity index (χ2v) is 10.5. The first-order chi connectivity index (χ1) is 12.4. The summed E-state index contributed by atoms with van der Waals surface area (Å²) in [6, 6.07) is 0. The van der Waals surface area contributed by atoms with Crippen molar-refractivity contribution in [3.8, 4) is 0 Å². The summed E-state index contributed by atoms with van der Waals surface area (Å²) in [4.78, 5) is 11.0. The number of aliphatic carboxylic acids is 1. The maximum absolute atomic E-state index is 11.0. The highest BCUT2D eigenvalue weighted by Crippen LogP contribution is 2.64. The first kappa shape index (κ1) is 18.8. The second-order valence-electron chi connectivity index (χ2n) is 10.5. The van der Waals surface area contributed by atoms with Crippen molar-refractivity contribution in [3.05, 3.63) is 0 Å². The number of hydrogen-bond acceptors (Lipinski definition) is 2. The van der Waals surface area contributed by atoms with E-state index in [9.17, 15) is 4.79 Å². The largest absolute Gasteiger partial charge is 0.481 e. The number of fused-ring (bicyclic) bond motifs is 5. The van der Waals surface area contributed by atoms with Crippen LogP contribution in [0.15, 0.2) is 0 Å². The molecule has 0 bridgehead atoms. The summed E-state index contributed by atoms with van der Waals surface area (Å²) in [5.41, 5.74) is 0.493. The van der Waals surface area contributed by atoms with E-state index in [0.29, 0.717) is 29.6 Å². The van der Waals surface area contributed by atoms with Crippen molar-refractivity contribution in [2.75, 3.05) is 6.61 Å². The number of hydrogen-bond donors (Lipinski definition) is 1. The molecule has 1 N–H and O–H groups in total. The third-order valence-electron chi connectivity index (χ3n) is 9.52. The lowest BCUT2D eigenvalue weighted by Crippen LogP contribution is -2.58. The Bertz CT molecular complexity index is 546. The normalized spacial score (nSPS) is 49.0. The number of ether oxygens (including phenoxy) is 1. The molecule has 26 heavy (non-hydrogen) atoms. The Balaban J connectivity index is 1.52. The van der Waals surface area contributed by atoms with E-state index < -0.39 is 5.97 Å². The first-order valence-electron chi connectivity index (χ1n) is 11.2. The maximum Gasteiger partial charge on any atom is 0.303 e. The Morgan fingerprint density at radius 1 is 1.12 bits per heavy atom. The van der Waals surface area contributed by atoms with Gasteiger partial charge in [0.25, 0.3) is 0 Å². The summed E-state index contributed by atoms with van der Waals surface area (Å²) >= 11 is 0. The predicted molar refractivity (Wildman–Crippen MR) is 103 cm³/mol. The van der Waals surface area contributed by atoms with Crippen molar-refractivity contribution in [3.63, 3.8) is 0 Å². The number of carboxylic acids is 1. The van der Waals surface area contributed by atoms with Crippen LogP contribution in [0.2, 0.25) is 0 Å². The molecule has 4 aliphatic rings. The third kappa shape index (κ3) is 2.84. The fourth-order valence-electron chi connectivity index (χ4n) is 8.00. The van der Waals surface area contributed by atoms with Crippen LogP contribution in [0, 0.1) is 40.9 Å². The molecule has 0 spiro atoms. The van der Waals surface area contributed by atoms with Gasteiger partial charge in [-0.2, -0.15) is 0 Å². The molecule has 3 saturated carbocycles. The number of rotatable bonds is 4. The molecule has 0 amide bonds. The molecule has 1 aliphatic heterocycles. The lowest BCUT2D eigenvalue weighted by atomic mass is 9.49. The van der Waals surface area contributed by atoms with Gasteiger partial charge in [0.15, 0.2) is 0 Å². The summed E-state index contributed by atoms with van der Waals surface area (Å²) in [6.07, 6.45) is 12.1. The summed E-state index contributed by atoms with van der Waals surface area (Å²) in [5.74, 6) is 3.53. The highest BCUT2D eigenvalue weighted by Gasteiger charge is 2.61. The molecule has 3 heteroatoms. The van der Waals surface area contributed by atoms with Crippen molar-refractivity contribution in [2.24, 2.45) is 40.9 Å². The van der Waals surface area contributed by atoms with E-state index in [2.05, 4.69) is 20.8 Å². The van der Waals surface area contributed by atoms with Gasteiger partial charge in [-0.05, 0) is 92.8 Å². The van der Waals surface area contributed by atoms with E-state index in [-0.39, 0.29) is 5.60 Å². The molecule has 4 rings (SSSR count). The van der Waals surface area contributed by atoms with Gasteiger partial charge in [-0.25, -0.2) is 0 Å². The van der Waals surface area contributed by atoms with Gasteiger partial charge in [-0.1, -0.05) is 26.7 Å². The van der Waals surface area contributed by atoms with E-state index in [4.69, 9.17) is 9.84 Å². The Morgan fingerprint density at radius 2 is 1.92 bits per heavy atom. The van der Waals surface area contributed by atoms with Crippen LogP contribution in [-0.2, 0) is 9.53 Å². The molecule has 0 aromatic carbocycles. The van der Waals surface area contributed by atoms with Crippen molar-refractivity contribution in [1.82, 2.24) is 0 Å². The Kier molecular flexibility index (Phi) is 4.91. The van der Waals surface area contributed by atoms with E-state index in [1.165, 1.54) is 51.4 Å². The van der Waals surface area contributed by atoms with Crippen LogP contribution in [-0.4, -0.2) is 23.3 Å². The average Bonchev–Trinajstić information content (AvgIpc) is 2.96. The first-order valence-corrected chi connectivity index (χ1v) is 11.2. The molecule has 1 saturated heterocycles. The highest BCUT2D eigenvalue weighted by atomic mass is 16.5. The fraction of sp³-hybridized carbons (Fsp3) is 0.957. The van der Waals surface area contributed by atoms with Crippen LogP contribution < -0.4 is 0 Å². The summed E-state index contributed by atoms with van der Waals surface area (Å²) < 4.78 is 6.77. The fourth-order valence-corrected chi connectivity index (χ4v) is 8.00. The lowest BCUT2D eigenvalue weighted by molar-refractivity contribution is -0.216. The minimum absolute atomic E-state index is 0.0169. The van der Waals surface area contributed by atoms with Gasteiger partial charge in [0.1, 0.15) is 0 Å². The Morgan fingerprint density at radius 3 is 2.69 bits per heavy atom. The quantitative estimate of drug-likeness (QED) is 0.716. The number of carbonyl (C=O) groups is 1. The second kappa shape index (κ2) is 6.79. The van der Waals surface area contributed by atoms with Gasteiger partial charge in [0, 0.05) is 6.42 Å². The summed E-state index contributed by atoms with van der Waals surface area (Å²) in [6.45, 7) is 8.17. The van der Waals surface area contributed by atoms with Crippen molar-refractivity contribution in [2.45, 2.75) is 90.6 Å². The van der Waals surface area contributed by atoms with Crippen LogP contribution in [0.4, 0.5) is 0 Å². The van der Waals surface area contributed by atoms with E-state index in [1.54, 1.807) is 0 Å². The molecular formula is C23H38O3. The molecule has 0 aromatic heterocycles. The zero-order chi connectivity index (χ0) is 18.5. The number of carboxylic acid groups (broad SMARTS) is 1. The third-order valence-corrected chi connectivity index (χ3v) is 9.52. The van der Waals surface area contributed by atoms with E-state index in [0.717, 1.165) is 30.8 Å². The minimum atomic E-state index is -0.662. The van der Waals surface area contributed by atoms with Crippen molar-refractivity contribution < 1.29 is 14.6 Å². The molecule has 0 radical (unpaired) electrons. The van der Waals surface area contributed by atoms with Gasteiger partial charge < -0.3 is 9.84 Å². The average molecular weight is 363 g/mol. The zero-order valence-corrected chi connectivity index (χ0v) is 17.0. The monoisotopic (exact) mass is 362 g/mol. The molecule has 1 heterocycles. The van der Waals surface area contributed by atoms with E-state index in [1.807, 2.05) is 0 Å². The van der Waals surface area contributed by atoms with Crippen LogP contribution in [0.25, 0.3) is 0 Å². The maximum atomic E-state index is 11.0. The molecule has 148 valence electrons. The van der Waals surface area contributed by atoms with Crippen molar-refractivity contribution >= 4 is 5.97 Å². The van der Waals surface area contributed by atoms with Crippen LogP contribution in [0.3, 0.4) is 0 Å². The minimum Gasteiger partial charge on any atom is -0.481 e. The zero-order valence-electron chi connectivity index (χ0n) is 17.0. The molecule has 3 aliphatic carbocycles. The van der Waals surface area contributed by atoms with Gasteiger partial charge in [0.05, 0.1) is 12.2 Å². The van der Waals surface area contributed by atoms with Gasteiger partial charge in [0.2, 0.25) is 0 Å². The summed E-state index contributed by atoms with van der Waals surface area (Å²) in [5, 5.41) is 9.06. The molecule has 4 fully saturated rings. The molecule has 3 nitrogen and oxygen atoms in total. The van der Waals surface area contributed by atoms with E-state index >= 15 is 0 Å². The molecular weight excluding hydrogens is 324 g/mol. The molecule has 1 unspecified atom stereocenters. The molecule has 0 aromatic rings. The smallest absolute Gasteiger partial charge is 0.303 e. The standard InChI is InChI=1S/C23H38O3/c1-15(7-12-21(24)25)18-10-11-19-17-9-8-16-6-4-5-13-22(16,2)20(17)14-26-23(18,19)3/h15-20H,4-14H2,1-3H3,(H,24,25)/t15-,16?,17+,18-,19+,20+,22+,23-/m1/s1. The highest BCUT2D eigenvalue weighted by molar-refractivity contribution is 5.66. The van der Waals surface area contributed by atoms with Gasteiger partial charge >= 0.3 is 5.97 Å². The van der Waals surface area contributed by atoms with Crippen LogP contribution in [0.1, 0.15) is 85.0 Å². The SMILES string of the molecule is C[C@H](CCC(=O)O)[C@H]1CC[C@H]2[C@@H]3CCC4CCCC[C@]4(C)[C@H]3CO[C@]12C. The van der Waals surface area contributed by atoms with Crippen LogP contribution in [0.5, 0.6) is 0 Å². The van der Waals surface area contributed by atoms with Crippen LogP contribution >= 0.6 is 0 Å². The topological polar surface area (TPSA) is 46.5 Å².